The number of halogens is 1. The summed E-state index contributed by atoms with van der Waals surface area (Å²) in [4.78, 5) is 0. The van der Waals surface area contributed by atoms with Crippen LogP contribution in [0.25, 0.3) is 0 Å². The van der Waals surface area contributed by atoms with Crippen molar-refractivity contribution in [2.24, 2.45) is 5.73 Å². The number of ether oxygens (including phenoxy) is 2. The summed E-state index contributed by atoms with van der Waals surface area (Å²) < 4.78 is 24.1. The average molecular weight is 277 g/mol. The van der Waals surface area contributed by atoms with E-state index in [1.807, 2.05) is 0 Å². The summed E-state index contributed by atoms with van der Waals surface area (Å²) in [5.41, 5.74) is 6.86. The summed E-state index contributed by atoms with van der Waals surface area (Å²) in [7, 11) is 1.51. The molecule has 106 valence electrons. The summed E-state index contributed by atoms with van der Waals surface area (Å²) >= 11 is 0. The molecule has 2 aromatic carbocycles. The lowest BCUT2D eigenvalue weighted by Gasteiger charge is -2.13. The third-order valence-electron chi connectivity index (χ3n) is 2.87. The van der Waals surface area contributed by atoms with Crippen molar-refractivity contribution in [3.05, 3.63) is 53.3 Å². The second-order valence-corrected chi connectivity index (χ2v) is 4.20. The minimum absolute atomic E-state index is 0.0821. The van der Waals surface area contributed by atoms with Crippen molar-refractivity contribution < 1.29 is 19.0 Å². The van der Waals surface area contributed by atoms with E-state index in [9.17, 15) is 4.39 Å². The SMILES string of the molecule is COc1cc(CO)ccc1Oc1ccc(F)cc1CN. The van der Waals surface area contributed by atoms with Gasteiger partial charge < -0.3 is 20.3 Å². The lowest BCUT2D eigenvalue weighted by Crippen LogP contribution is -2.01. The van der Waals surface area contributed by atoms with Crippen molar-refractivity contribution in [3.8, 4) is 17.2 Å². The molecule has 20 heavy (non-hydrogen) atoms. The molecule has 0 saturated carbocycles. The molecule has 0 aliphatic rings. The highest BCUT2D eigenvalue weighted by atomic mass is 19.1. The Morgan fingerprint density at radius 2 is 1.85 bits per heavy atom. The van der Waals surface area contributed by atoms with Gasteiger partial charge in [0.05, 0.1) is 13.7 Å². The zero-order valence-corrected chi connectivity index (χ0v) is 11.1. The smallest absolute Gasteiger partial charge is 0.169 e. The van der Waals surface area contributed by atoms with Crippen LogP contribution in [-0.2, 0) is 13.2 Å². The van der Waals surface area contributed by atoms with E-state index in [2.05, 4.69) is 0 Å². The number of hydrogen-bond acceptors (Lipinski definition) is 4. The molecule has 0 amide bonds. The Labute approximate surface area is 116 Å². The van der Waals surface area contributed by atoms with E-state index in [1.54, 1.807) is 18.2 Å². The maximum atomic E-state index is 13.2. The van der Waals surface area contributed by atoms with Crippen LogP contribution in [0.5, 0.6) is 17.2 Å². The third kappa shape index (κ3) is 3.07. The molecule has 2 rings (SSSR count). The molecule has 5 heteroatoms. The highest BCUT2D eigenvalue weighted by Gasteiger charge is 2.10. The zero-order valence-electron chi connectivity index (χ0n) is 11.1. The molecule has 0 heterocycles. The number of aliphatic hydroxyl groups excluding tert-OH is 1. The molecule has 0 aromatic heterocycles. The van der Waals surface area contributed by atoms with Gasteiger partial charge in [-0.05, 0) is 35.9 Å². The summed E-state index contributed by atoms with van der Waals surface area (Å²) in [5, 5.41) is 9.10. The standard InChI is InChI=1S/C15H16FNO3/c1-19-15-6-10(9-18)2-4-14(15)20-13-5-3-12(16)7-11(13)8-17/h2-7,18H,8-9,17H2,1H3. The minimum Gasteiger partial charge on any atom is -0.493 e. The van der Waals surface area contributed by atoms with Crippen LogP contribution >= 0.6 is 0 Å². The molecule has 0 bridgehead atoms. The van der Waals surface area contributed by atoms with Gasteiger partial charge in [-0.25, -0.2) is 4.39 Å². The Morgan fingerprint density at radius 1 is 1.10 bits per heavy atom. The van der Waals surface area contributed by atoms with Gasteiger partial charge in [0.25, 0.3) is 0 Å². The molecule has 0 unspecified atom stereocenters. The van der Waals surface area contributed by atoms with E-state index in [4.69, 9.17) is 20.3 Å². The van der Waals surface area contributed by atoms with Crippen LogP contribution in [0.4, 0.5) is 4.39 Å². The monoisotopic (exact) mass is 277 g/mol. The van der Waals surface area contributed by atoms with E-state index >= 15 is 0 Å². The molecule has 0 saturated heterocycles. The summed E-state index contributed by atoms with van der Waals surface area (Å²) in [6.07, 6.45) is 0. The first kappa shape index (κ1) is 14.3. The lowest BCUT2D eigenvalue weighted by molar-refractivity contribution is 0.280. The lowest BCUT2D eigenvalue weighted by atomic mass is 10.2. The van der Waals surface area contributed by atoms with Crippen LogP contribution in [-0.4, -0.2) is 12.2 Å². The quantitative estimate of drug-likeness (QED) is 0.881. The van der Waals surface area contributed by atoms with Crippen molar-refractivity contribution in [2.75, 3.05) is 7.11 Å². The number of nitrogens with two attached hydrogens (primary N) is 1. The number of rotatable bonds is 5. The van der Waals surface area contributed by atoms with Crippen molar-refractivity contribution in [2.45, 2.75) is 13.2 Å². The van der Waals surface area contributed by atoms with E-state index in [1.165, 1.54) is 25.3 Å². The maximum absolute atomic E-state index is 13.2. The maximum Gasteiger partial charge on any atom is 0.169 e. The molecule has 0 fully saturated rings. The van der Waals surface area contributed by atoms with Gasteiger partial charge in [0.1, 0.15) is 11.6 Å². The number of benzene rings is 2. The van der Waals surface area contributed by atoms with Crippen molar-refractivity contribution in [1.82, 2.24) is 0 Å². The topological polar surface area (TPSA) is 64.7 Å². The van der Waals surface area contributed by atoms with Crippen LogP contribution in [0.1, 0.15) is 11.1 Å². The van der Waals surface area contributed by atoms with Gasteiger partial charge in [-0.1, -0.05) is 6.07 Å². The highest BCUT2D eigenvalue weighted by molar-refractivity contribution is 5.47. The molecule has 0 aliphatic carbocycles. The Hall–Kier alpha value is -2.11. The second kappa shape index (κ2) is 6.36. The largest absolute Gasteiger partial charge is 0.493 e. The van der Waals surface area contributed by atoms with Crippen LogP contribution in [0.3, 0.4) is 0 Å². The molecule has 0 aliphatic heterocycles. The van der Waals surface area contributed by atoms with Gasteiger partial charge in [0.15, 0.2) is 11.5 Å². The van der Waals surface area contributed by atoms with E-state index < -0.39 is 0 Å². The van der Waals surface area contributed by atoms with Gasteiger partial charge in [-0.3, -0.25) is 0 Å². The molecular formula is C15H16FNO3. The van der Waals surface area contributed by atoms with Gasteiger partial charge in [-0.2, -0.15) is 0 Å². The van der Waals surface area contributed by atoms with E-state index in [0.29, 0.717) is 28.4 Å². The molecule has 0 atom stereocenters. The first-order chi connectivity index (χ1) is 9.67. The van der Waals surface area contributed by atoms with Gasteiger partial charge in [0, 0.05) is 12.1 Å². The van der Waals surface area contributed by atoms with Crippen LogP contribution in [0.15, 0.2) is 36.4 Å². The molecular weight excluding hydrogens is 261 g/mol. The van der Waals surface area contributed by atoms with Crippen molar-refractivity contribution in [3.63, 3.8) is 0 Å². The van der Waals surface area contributed by atoms with E-state index in [-0.39, 0.29) is 19.0 Å². The van der Waals surface area contributed by atoms with Gasteiger partial charge >= 0.3 is 0 Å². The minimum atomic E-state index is -0.361. The van der Waals surface area contributed by atoms with Crippen LogP contribution in [0.2, 0.25) is 0 Å². The third-order valence-corrected chi connectivity index (χ3v) is 2.87. The second-order valence-electron chi connectivity index (χ2n) is 4.20. The summed E-state index contributed by atoms with van der Waals surface area (Å²) in [6.45, 7) is 0.0887. The molecule has 3 N–H and O–H groups in total. The number of methoxy groups -OCH3 is 1. The summed E-state index contributed by atoms with van der Waals surface area (Å²) in [6, 6.07) is 9.27. The van der Waals surface area contributed by atoms with Crippen LogP contribution < -0.4 is 15.2 Å². The van der Waals surface area contributed by atoms with E-state index in [0.717, 1.165) is 0 Å². The Morgan fingerprint density at radius 3 is 2.50 bits per heavy atom. The molecule has 4 nitrogen and oxygen atoms in total. The Balaban J connectivity index is 2.34. The Kier molecular flexibility index (Phi) is 4.55. The highest BCUT2D eigenvalue weighted by Crippen LogP contribution is 2.34. The predicted octanol–water partition coefficient (Wildman–Crippen LogP) is 2.58. The van der Waals surface area contributed by atoms with Gasteiger partial charge in [-0.15, -0.1) is 0 Å². The average Bonchev–Trinajstić information content (AvgIpc) is 2.49. The first-order valence-electron chi connectivity index (χ1n) is 6.12. The van der Waals surface area contributed by atoms with Crippen molar-refractivity contribution in [1.29, 1.82) is 0 Å². The van der Waals surface area contributed by atoms with Crippen molar-refractivity contribution >= 4 is 0 Å². The number of aliphatic hydroxyl groups is 1. The fraction of sp³-hybridized carbons (Fsp3) is 0.200. The van der Waals surface area contributed by atoms with Crippen LogP contribution in [0, 0.1) is 5.82 Å². The fourth-order valence-electron chi connectivity index (χ4n) is 1.82. The zero-order chi connectivity index (χ0) is 14.5. The number of hydrogen-bond donors (Lipinski definition) is 2. The van der Waals surface area contributed by atoms with Gasteiger partial charge in [0.2, 0.25) is 0 Å². The molecule has 0 radical (unpaired) electrons. The first-order valence-corrected chi connectivity index (χ1v) is 6.12. The summed E-state index contributed by atoms with van der Waals surface area (Å²) in [5.74, 6) is 1.08. The predicted molar refractivity (Wildman–Crippen MR) is 73.3 cm³/mol. The fourth-order valence-corrected chi connectivity index (χ4v) is 1.82. The molecule has 2 aromatic rings. The molecule has 0 spiro atoms. The Bertz CT molecular complexity index is 602. The normalized spacial score (nSPS) is 10.4.